The fourth-order valence-corrected chi connectivity index (χ4v) is 1.86. The van der Waals surface area contributed by atoms with E-state index in [0.717, 1.165) is 0 Å². The molecule has 0 heterocycles. The Bertz CT molecular complexity index is 623. The molecule has 0 bridgehead atoms. The van der Waals surface area contributed by atoms with Gasteiger partial charge in [0.15, 0.2) is 0 Å². The van der Waals surface area contributed by atoms with Crippen LogP contribution in [0.25, 0.3) is 0 Å². The van der Waals surface area contributed by atoms with Gasteiger partial charge < -0.3 is 4.74 Å². The second-order valence-corrected chi connectivity index (χ2v) is 5.52. The number of halogens is 15. The average molecular weight is 482 g/mol. The monoisotopic (exact) mass is 482 g/mol. The van der Waals surface area contributed by atoms with E-state index in [-0.39, 0.29) is 6.08 Å². The van der Waals surface area contributed by atoms with E-state index in [0.29, 0.717) is 0 Å². The highest BCUT2D eigenvalue weighted by Gasteiger charge is 2.89. The maximum absolute atomic E-state index is 13.7. The molecule has 1 atom stereocenters. The number of carbonyl (C=O) groups is 1. The summed E-state index contributed by atoms with van der Waals surface area (Å²) in [6.07, 6.45) is -14.5. The first-order chi connectivity index (χ1) is 13.0. The summed E-state index contributed by atoms with van der Waals surface area (Å²) in [7, 11) is 0. The fraction of sp³-hybridized carbons (Fsp3) is 0.769. The lowest BCUT2D eigenvalue weighted by atomic mass is 9.85. The first kappa shape index (κ1) is 28.2. The summed E-state index contributed by atoms with van der Waals surface area (Å²) >= 11 is 0. The Hall–Kier alpha value is -1.84. The number of hydrogen-bond donors (Lipinski definition) is 0. The van der Waals surface area contributed by atoms with Gasteiger partial charge in [-0.15, -0.1) is 0 Å². The summed E-state index contributed by atoms with van der Waals surface area (Å²) in [5.74, 6) is -45.0. The van der Waals surface area contributed by atoms with Gasteiger partial charge in [0.25, 0.3) is 0 Å². The van der Waals surface area contributed by atoms with Gasteiger partial charge in [0.05, 0.1) is 6.61 Å². The van der Waals surface area contributed by atoms with Crippen LogP contribution in [0.4, 0.5) is 65.9 Å². The third-order valence-corrected chi connectivity index (χ3v) is 3.55. The number of hydrogen-bond acceptors (Lipinski definition) is 2. The van der Waals surface area contributed by atoms with Gasteiger partial charge in [-0.25, -0.2) is 13.6 Å². The van der Waals surface area contributed by atoms with E-state index in [1.807, 2.05) is 0 Å². The average Bonchev–Trinajstić information content (AvgIpc) is 2.55. The van der Waals surface area contributed by atoms with Gasteiger partial charge in [-0.1, -0.05) is 6.58 Å². The molecule has 0 aromatic rings. The van der Waals surface area contributed by atoms with Crippen LogP contribution in [0.1, 0.15) is 6.42 Å². The normalized spacial score (nSPS) is 15.9. The lowest BCUT2D eigenvalue weighted by Gasteiger charge is -2.41. The molecule has 0 aromatic carbocycles. The van der Waals surface area contributed by atoms with Crippen LogP contribution in [-0.2, 0) is 9.53 Å². The molecule has 0 saturated carbocycles. The minimum atomic E-state index is -8.09. The highest BCUT2D eigenvalue weighted by molar-refractivity contribution is 5.81. The van der Waals surface area contributed by atoms with Crippen molar-refractivity contribution in [3.8, 4) is 0 Å². The van der Waals surface area contributed by atoms with Crippen molar-refractivity contribution < 1.29 is 75.4 Å². The van der Waals surface area contributed by atoms with Gasteiger partial charge in [-0.2, -0.15) is 57.1 Å². The van der Waals surface area contributed by atoms with E-state index >= 15 is 0 Å². The van der Waals surface area contributed by atoms with Gasteiger partial charge in [0, 0.05) is 6.08 Å². The molecule has 0 aliphatic heterocycles. The number of esters is 1. The van der Waals surface area contributed by atoms with Crippen LogP contribution in [-0.4, -0.2) is 54.8 Å². The molecule has 2 nitrogen and oxygen atoms in total. The van der Waals surface area contributed by atoms with Crippen molar-refractivity contribution in [2.45, 2.75) is 48.6 Å². The van der Waals surface area contributed by atoms with E-state index in [2.05, 4.69) is 11.3 Å². The van der Waals surface area contributed by atoms with Crippen molar-refractivity contribution in [3.05, 3.63) is 12.7 Å². The summed E-state index contributed by atoms with van der Waals surface area (Å²) in [4.78, 5) is 10.6. The van der Waals surface area contributed by atoms with E-state index in [1.54, 1.807) is 0 Å². The van der Waals surface area contributed by atoms with Gasteiger partial charge in [-0.3, -0.25) is 0 Å². The van der Waals surface area contributed by atoms with Gasteiger partial charge in [0.2, 0.25) is 0 Å². The second kappa shape index (κ2) is 8.36. The third-order valence-electron chi connectivity index (χ3n) is 3.55. The zero-order valence-corrected chi connectivity index (χ0v) is 13.8. The van der Waals surface area contributed by atoms with Gasteiger partial charge in [0.1, 0.15) is 5.92 Å². The Balaban J connectivity index is 6.31. The summed E-state index contributed by atoms with van der Waals surface area (Å²) in [6, 6.07) is 0. The molecule has 30 heavy (non-hydrogen) atoms. The molecule has 0 N–H and O–H groups in total. The number of carbonyl (C=O) groups excluding carboxylic acids is 1. The zero-order chi connectivity index (χ0) is 24.6. The Morgan fingerprint density at radius 2 is 1.17 bits per heavy atom. The summed E-state index contributed by atoms with van der Waals surface area (Å²) in [5, 5.41) is 0. The molecule has 17 heteroatoms. The molecule has 0 saturated heterocycles. The van der Waals surface area contributed by atoms with Crippen molar-refractivity contribution in [2.24, 2.45) is 5.92 Å². The number of ether oxygens (including phenoxy) is 1. The van der Waals surface area contributed by atoms with Gasteiger partial charge >= 0.3 is 48.2 Å². The lowest BCUT2D eigenvalue weighted by molar-refractivity contribution is -0.427. The van der Waals surface area contributed by atoms with Crippen molar-refractivity contribution in [1.82, 2.24) is 0 Å². The van der Waals surface area contributed by atoms with E-state index < -0.39 is 67.1 Å². The highest BCUT2D eigenvalue weighted by atomic mass is 19.4. The van der Waals surface area contributed by atoms with Crippen molar-refractivity contribution in [1.29, 1.82) is 0 Å². The SMILES string of the molecule is C=CC(=O)OCCC(C(F)(F)F)C(F)(F)C(F)(F)C(F)(F)C(F)(F)C(F)(F)C(F)F. The second-order valence-electron chi connectivity index (χ2n) is 5.52. The van der Waals surface area contributed by atoms with E-state index in [4.69, 9.17) is 0 Å². The molecule has 178 valence electrons. The Kier molecular flexibility index (Phi) is 7.84. The van der Waals surface area contributed by atoms with E-state index in [9.17, 15) is 70.7 Å². The molecule has 0 spiro atoms. The van der Waals surface area contributed by atoms with Crippen LogP contribution in [0, 0.1) is 5.92 Å². The first-order valence-electron chi connectivity index (χ1n) is 7.06. The van der Waals surface area contributed by atoms with Crippen LogP contribution >= 0.6 is 0 Å². The largest absolute Gasteiger partial charge is 0.463 e. The Morgan fingerprint density at radius 3 is 1.50 bits per heavy atom. The summed E-state index contributed by atoms with van der Waals surface area (Å²) < 4.78 is 198. The highest BCUT2D eigenvalue weighted by Crippen LogP contribution is 2.61. The molecular formula is C13H9F15O2. The summed E-state index contributed by atoms with van der Waals surface area (Å²) in [5.41, 5.74) is 0. The molecule has 0 amide bonds. The molecule has 1 unspecified atom stereocenters. The predicted molar refractivity (Wildman–Crippen MR) is 66.1 cm³/mol. The quantitative estimate of drug-likeness (QED) is 0.226. The zero-order valence-electron chi connectivity index (χ0n) is 13.8. The molecule has 0 radical (unpaired) electrons. The van der Waals surface area contributed by atoms with Crippen LogP contribution in [0.2, 0.25) is 0 Å². The van der Waals surface area contributed by atoms with Gasteiger partial charge in [-0.05, 0) is 6.42 Å². The minimum absolute atomic E-state index is 0.260. The fourth-order valence-electron chi connectivity index (χ4n) is 1.86. The topological polar surface area (TPSA) is 26.3 Å². The number of rotatable bonds is 10. The molecule has 0 aliphatic rings. The van der Waals surface area contributed by atoms with Crippen LogP contribution in [0.15, 0.2) is 12.7 Å². The standard InChI is InChI=1S/C13H9F15O2/c1-2-6(29)30-4-3-5(10(20,21)22)8(16,17)11(23,24)13(27,28)12(25,26)9(18,19)7(14)15/h2,5,7H,1,3-4H2. The first-order valence-corrected chi connectivity index (χ1v) is 7.06. The maximum atomic E-state index is 13.7. The molecule has 0 aromatic heterocycles. The third kappa shape index (κ3) is 4.58. The Morgan fingerprint density at radius 1 is 0.767 bits per heavy atom. The van der Waals surface area contributed by atoms with Crippen molar-refractivity contribution in [2.75, 3.05) is 6.61 Å². The van der Waals surface area contributed by atoms with Crippen molar-refractivity contribution >= 4 is 5.97 Å². The van der Waals surface area contributed by atoms with Crippen molar-refractivity contribution in [3.63, 3.8) is 0 Å². The number of alkyl halides is 15. The smallest absolute Gasteiger partial charge is 0.397 e. The molecular weight excluding hydrogens is 473 g/mol. The maximum Gasteiger partial charge on any atom is 0.397 e. The van der Waals surface area contributed by atoms with E-state index in [1.165, 1.54) is 0 Å². The van der Waals surface area contributed by atoms with Crippen LogP contribution in [0.3, 0.4) is 0 Å². The molecule has 0 fully saturated rings. The van der Waals surface area contributed by atoms with Crippen LogP contribution in [0.5, 0.6) is 0 Å². The molecule has 0 rings (SSSR count). The lowest BCUT2D eigenvalue weighted by Crippen LogP contribution is -2.70. The van der Waals surface area contributed by atoms with Crippen LogP contribution < -0.4 is 0 Å². The molecule has 0 aliphatic carbocycles. The summed E-state index contributed by atoms with van der Waals surface area (Å²) in [6.45, 7) is 0.916. The predicted octanol–water partition coefficient (Wildman–Crippen LogP) is 5.73. The minimum Gasteiger partial charge on any atom is -0.463 e. The Labute approximate surface area is 156 Å².